The van der Waals surface area contributed by atoms with Crippen molar-refractivity contribution < 1.29 is 32.8 Å². The number of aliphatic carboxylic acids is 2. The first-order valence-corrected chi connectivity index (χ1v) is 6.13. The van der Waals surface area contributed by atoms with E-state index in [9.17, 15) is 18.0 Å². The zero-order valence-electron chi connectivity index (χ0n) is 10.6. The van der Waals surface area contributed by atoms with Gasteiger partial charge in [-0.1, -0.05) is 18.2 Å². The zero-order valence-corrected chi connectivity index (χ0v) is 11.4. The van der Waals surface area contributed by atoms with Crippen LogP contribution in [-0.2, 0) is 19.7 Å². The van der Waals surface area contributed by atoms with Crippen LogP contribution in [-0.4, -0.2) is 35.1 Å². The predicted octanol–water partition coefficient (Wildman–Crippen LogP) is 1.19. The molecule has 10 heteroatoms. The number of carboxylic acids is 2. The summed E-state index contributed by atoms with van der Waals surface area (Å²) in [4.78, 5) is 19.2. The standard InChI is InChI=1S/C6H6O3S.C4H6O4.2H3N/c7-10(8,9)6-4-2-1-3-5-6;5-3(6)1-2-4(7)8;;/h1-5H,(H,7,8,9);1-2H2,(H,5,6)(H,7,8);2*1H3. The van der Waals surface area contributed by atoms with E-state index in [-0.39, 0.29) is 30.0 Å². The fourth-order valence-electron chi connectivity index (χ4n) is 0.806. The van der Waals surface area contributed by atoms with E-state index in [1.165, 1.54) is 12.1 Å². The Morgan fingerprint density at radius 3 is 1.45 bits per heavy atom. The molecule has 0 heterocycles. The highest BCUT2D eigenvalue weighted by Crippen LogP contribution is 2.05. The van der Waals surface area contributed by atoms with Crippen LogP contribution in [0.1, 0.15) is 12.8 Å². The maximum Gasteiger partial charge on any atom is 0.303 e. The lowest BCUT2D eigenvalue weighted by Gasteiger charge is -1.92. The van der Waals surface area contributed by atoms with Crippen molar-refractivity contribution >= 4 is 22.1 Å². The summed E-state index contributed by atoms with van der Waals surface area (Å²) in [5.41, 5.74) is 0. The van der Waals surface area contributed by atoms with E-state index in [4.69, 9.17) is 14.8 Å². The average molecular weight is 310 g/mol. The average Bonchev–Trinajstić information content (AvgIpc) is 2.27. The summed E-state index contributed by atoms with van der Waals surface area (Å²) in [5.74, 6) is -2.15. The molecule has 0 aliphatic heterocycles. The lowest BCUT2D eigenvalue weighted by molar-refractivity contribution is -0.143. The second-order valence-electron chi connectivity index (χ2n) is 3.08. The summed E-state index contributed by atoms with van der Waals surface area (Å²) in [6.07, 6.45) is -0.593. The van der Waals surface area contributed by atoms with E-state index in [1.807, 2.05) is 0 Å². The van der Waals surface area contributed by atoms with Crippen molar-refractivity contribution in [3.63, 3.8) is 0 Å². The van der Waals surface area contributed by atoms with Crippen LogP contribution in [0.2, 0.25) is 0 Å². The zero-order chi connectivity index (χ0) is 14.2. The Balaban J connectivity index is -0.000000269. The molecule has 0 amide bonds. The van der Waals surface area contributed by atoms with Crippen LogP contribution < -0.4 is 12.3 Å². The second kappa shape index (κ2) is 10.9. The summed E-state index contributed by atoms with van der Waals surface area (Å²) >= 11 is 0. The summed E-state index contributed by atoms with van der Waals surface area (Å²) in [6, 6.07) is 7.42. The Labute approximate surface area is 116 Å². The molecule has 9 nitrogen and oxygen atoms in total. The minimum atomic E-state index is -4.00. The molecule has 1 rings (SSSR count). The van der Waals surface area contributed by atoms with Gasteiger partial charge < -0.3 is 22.5 Å². The molecule has 0 saturated carbocycles. The van der Waals surface area contributed by atoms with E-state index < -0.39 is 22.1 Å². The largest absolute Gasteiger partial charge is 0.481 e. The van der Waals surface area contributed by atoms with Gasteiger partial charge in [-0.25, -0.2) is 0 Å². The van der Waals surface area contributed by atoms with Gasteiger partial charge in [0.05, 0.1) is 17.7 Å². The van der Waals surface area contributed by atoms with Gasteiger partial charge in [-0.15, -0.1) is 0 Å². The number of benzene rings is 1. The molecule has 0 aliphatic carbocycles. The van der Waals surface area contributed by atoms with Crippen molar-refractivity contribution in [3.05, 3.63) is 30.3 Å². The maximum absolute atomic E-state index is 10.4. The topological polar surface area (TPSA) is 199 Å². The van der Waals surface area contributed by atoms with Crippen LogP contribution in [0.5, 0.6) is 0 Å². The summed E-state index contributed by atoms with van der Waals surface area (Å²) in [5, 5.41) is 15.8. The highest BCUT2D eigenvalue weighted by atomic mass is 32.2. The van der Waals surface area contributed by atoms with Crippen molar-refractivity contribution in [2.24, 2.45) is 0 Å². The molecule has 0 aromatic heterocycles. The molecule has 0 spiro atoms. The van der Waals surface area contributed by atoms with E-state index in [0.29, 0.717) is 0 Å². The van der Waals surface area contributed by atoms with E-state index in [1.54, 1.807) is 18.2 Å². The summed E-state index contributed by atoms with van der Waals surface area (Å²) in [6.45, 7) is 0. The Morgan fingerprint density at radius 2 is 1.25 bits per heavy atom. The van der Waals surface area contributed by atoms with Gasteiger partial charge in [0.1, 0.15) is 0 Å². The number of hydrogen-bond donors (Lipinski definition) is 5. The SMILES string of the molecule is N.N.O=C(O)CCC(=O)O.O=S(=O)(O)c1ccccc1. The fraction of sp³-hybridized carbons (Fsp3) is 0.200. The Bertz CT molecular complexity index is 488. The predicted molar refractivity (Wildman–Crippen MR) is 70.8 cm³/mol. The third-order valence-electron chi connectivity index (χ3n) is 1.59. The highest BCUT2D eigenvalue weighted by Gasteiger charge is 2.05. The van der Waals surface area contributed by atoms with Crippen molar-refractivity contribution in [2.45, 2.75) is 17.7 Å². The quantitative estimate of drug-likeness (QED) is 0.506. The number of hydrogen-bond acceptors (Lipinski definition) is 6. The second-order valence-corrected chi connectivity index (χ2v) is 4.50. The number of carbonyl (C=O) groups is 2. The van der Waals surface area contributed by atoms with Gasteiger partial charge in [0, 0.05) is 0 Å². The molecule has 9 N–H and O–H groups in total. The number of carboxylic acid groups (broad SMARTS) is 2. The van der Waals surface area contributed by atoms with Gasteiger partial charge in [-0.3, -0.25) is 14.1 Å². The Hall–Kier alpha value is -2.01. The molecule has 20 heavy (non-hydrogen) atoms. The first-order chi connectivity index (χ1) is 8.23. The van der Waals surface area contributed by atoms with Gasteiger partial charge in [0.25, 0.3) is 10.1 Å². The van der Waals surface area contributed by atoms with E-state index in [0.717, 1.165) is 0 Å². The molecular formula is C10H18N2O7S. The van der Waals surface area contributed by atoms with Gasteiger partial charge in [-0.05, 0) is 12.1 Å². The molecule has 1 aromatic carbocycles. The van der Waals surface area contributed by atoms with Gasteiger partial charge in [0.2, 0.25) is 0 Å². The molecule has 0 saturated heterocycles. The summed E-state index contributed by atoms with van der Waals surface area (Å²) < 4.78 is 29.2. The smallest absolute Gasteiger partial charge is 0.303 e. The van der Waals surface area contributed by atoms with Crippen molar-refractivity contribution in [3.8, 4) is 0 Å². The molecule has 0 fully saturated rings. The van der Waals surface area contributed by atoms with Crippen LogP contribution in [0.4, 0.5) is 0 Å². The van der Waals surface area contributed by atoms with E-state index >= 15 is 0 Å². The molecule has 0 bridgehead atoms. The van der Waals surface area contributed by atoms with Gasteiger partial charge in [0.15, 0.2) is 0 Å². The normalized spacial score (nSPS) is 9.05. The summed E-state index contributed by atoms with van der Waals surface area (Å²) in [7, 11) is -4.00. The Kier molecular flexibility index (Phi) is 12.6. The molecule has 1 aromatic rings. The first kappa shape index (κ1) is 23.1. The highest BCUT2D eigenvalue weighted by molar-refractivity contribution is 7.85. The Morgan fingerprint density at radius 1 is 0.900 bits per heavy atom. The van der Waals surface area contributed by atoms with Crippen molar-refractivity contribution in [2.75, 3.05) is 0 Å². The van der Waals surface area contributed by atoms with Crippen LogP contribution in [0.25, 0.3) is 0 Å². The number of rotatable bonds is 4. The molecule has 0 aliphatic rings. The third kappa shape index (κ3) is 12.4. The third-order valence-corrected chi connectivity index (χ3v) is 2.46. The van der Waals surface area contributed by atoms with Gasteiger partial charge in [-0.2, -0.15) is 8.42 Å². The molecule has 0 atom stereocenters. The van der Waals surface area contributed by atoms with Crippen LogP contribution >= 0.6 is 0 Å². The maximum atomic E-state index is 10.4. The van der Waals surface area contributed by atoms with Crippen LogP contribution in [0.15, 0.2) is 35.2 Å². The molecular weight excluding hydrogens is 292 g/mol. The van der Waals surface area contributed by atoms with Crippen molar-refractivity contribution in [1.82, 2.24) is 12.3 Å². The van der Waals surface area contributed by atoms with Crippen LogP contribution in [0.3, 0.4) is 0 Å². The minimum Gasteiger partial charge on any atom is -0.481 e. The molecule has 116 valence electrons. The van der Waals surface area contributed by atoms with Gasteiger partial charge >= 0.3 is 11.9 Å². The van der Waals surface area contributed by atoms with E-state index in [2.05, 4.69) is 0 Å². The molecule has 0 radical (unpaired) electrons. The first-order valence-electron chi connectivity index (χ1n) is 4.69. The fourth-order valence-corrected chi connectivity index (χ4v) is 1.31. The van der Waals surface area contributed by atoms with Crippen molar-refractivity contribution in [1.29, 1.82) is 0 Å². The lowest BCUT2D eigenvalue weighted by Crippen LogP contribution is -2.00. The lowest BCUT2D eigenvalue weighted by atomic mass is 10.3. The monoisotopic (exact) mass is 310 g/mol. The van der Waals surface area contributed by atoms with Crippen LogP contribution in [0, 0.1) is 0 Å². The molecule has 0 unspecified atom stereocenters. The minimum absolute atomic E-state index is 0.